The third-order valence-corrected chi connectivity index (χ3v) is 3.82. The second-order valence-corrected chi connectivity index (χ2v) is 6.83. The van der Waals surface area contributed by atoms with E-state index in [4.69, 9.17) is 4.74 Å². The van der Waals surface area contributed by atoms with Gasteiger partial charge in [0.05, 0.1) is 6.04 Å². The van der Waals surface area contributed by atoms with Crippen molar-refractivity contribution >= 4 is 17.8 Å². The van der Waals surface area contributed by atoms with Crippen molar-refractivity contribution in [1.82, 2.24) is 9.88 Å². The highest BCUT2D eigenvalue weighted by molar-refractivity contribution is 5.87. The average molecular weight is 319 g/mol. The normalized spacial score (nSPS) is 18.0. The molecule has 1 aromatic heterocycles. The summed E-state index contributed by atoms with van der Waals surface area (Å²) in [5, 5.41) is 0. The van der Waals surface area contributed by atoms with E-state index in [0.717, 1.165) is 24.9 Å². The highest BCUT2D eigenvalue weighted by Crippen LogP contribution is 2.36. The van der Waals surface area contributed by atoms with Crippen molar-refractivity contribution in [2.45, 2.75) is 52.2 Å². The predicted molar refractivity (Wildman–Crippen MR) is 88.2 cm³/mol. The molecule has 6 heteroatoms. The summed E-state index contributed by atoms with van der Waals surface area (Å²) in [6, 6.07) is 3.72. The van der Waals surface area contributed by atoms with Crippen LogP contribution < -0.4 is 4.90 Å². The fraction of sp³-hybridized carbons (Fsp3) is 0.588. The molecule has 0 unspecified atom stereocenters. The van der Waals surface area contributed by atoms with Gasteiger partial charge in [-0.05, 0) is 39.7 Å². The molecule has 1 saturated heterocycles. The Bertz CT molecular complexity index is 595. The number of ether oxygens (including phenoxy) is 1. The molecule has 1 aromatic rings. The van der Waals surface area contributed by atoms with Crippen LogP contribution in [0.4, 0.5) is 10.6 Å². The smallest absolute Gasteiger partial charge is 0.415 e. The van der Waals surface area contributed by atoms with Gasteiger partial charge in [0.2, 0.25) is 5.91 Å². The van der Waals surface area contributed by atoms with Crippen molar-refractivity contribution in [2.75, 3.05) is 18.5 Å². The summed E-state index contributed by atoms with van der Waals surface area (Å²) in [4.78, 5) is 31.8. The van der Waals surface area contributed by atoms with Gasteiger partial charge in [0, 0.05) is 32.3 Å². The highest BCUT2D eigenvalue weighted by Gasteiger charge is 2.32. The maximum atomic E-state index is 12.3. The van der Waals surface area contributed by atoms with E-state index in [0.29, 0.717) is 5.82 Å². The van der Waals surface area contributed by atoms with Crippen LogP contribution in [0.15, 0.2) is 18.3 Å². The van der Waals surface area contributed by atoms with E-state index >= 15 is 0 Å². The molecule has 1 aliphatic rings. The molecular weight excluding hydrogens is 294 g/mol. The first-order valence-corrected chi connectivity index (χ1v) is 7.89. The molecule has 0 radical (unpaired) electrons. The minimum Gasteiger partial charge on any atom is -0.443 e. The minimum atomic E-state index is -0.570. The summed E-state index contributed by atoms with van der Waals surface area (Å²) in [6.45, 7) is 7.79. The van der Waals surface area contributed by atoms with Gasteiger partial charge in [-0.25, -0.2) is 9.78 Å². The third-order valence-electron chi connectivity index (χ3n) is 3.82. The largest absolute Gasteiger partial charge is 0.443 e. The number of likely N-dealkylation sites (tertiary alicyclic amines) is 1. The van der Waals surface area contributed by atoms with Crippen molar-refractivity contribution in [3.8, 4) is 0 Å². The van der Waals surface area contributed by atoms with Crippen LogP contribution in [0, 0.1) is 0 Å². The Labute approximate surface area is 137 Å². The molecule has 126 valence electrons. The fourth-order valence-corrected chi connectivity index (χ4v) is 2.83. The van der Waals surface area contributed by atoms with Crippen LogP contribution in [0.5, 0.6) is 0 Å². The number of carbonyl (C=O) groups excluding carboxylic acids is 2. The Kier molecular flexibility index (Phi) is 4.92. The molecule has 0 spiro atoms. The van der Waals surface area contributed by atoms with E-state index in [2.05, 4.69) is 4.98 Å². The van der Waals surface area contributed by atoms with Crippen molar-refractivity contribution < 1.29 is 14.3 Å². The Hall–Kier alpha value is -2.11. The van der Waals surface area contributed by atoms with Crippen molar-refractivity contribution in [3.63, 3.8) is 0 Å². The molecule has 2 heterocycles. The van der Waals surface area contributed by atoms with Crippen LogP contribution in [0.3, 0.4) is 0 Å². The van der Waals surface area contributed by atoms with Gasteiger partial charge in [-0.15, -0.1) is 0 Å². The second-order valence-electron chi connectivity index (χ2n) is 6.83. The predicted octanol–water partition coefficient (Wildman–Crippen LogP) is 3.14. The Morgan fingerprint density at radius 2 is 2.09 bits per heavy atom. The number of anilines is 1. The van der Waals surface area contributed by atoms with Gasteiger partial charge in [-0.2, -0.15) is 0 Å². The molecule has 0 bridgehead atoms. The molecule has 23 heavy (non-hydrogen) atoms. The van der Waals surface area contributed by atoms with Crippen LogP contribution in [0.2, 0.25) is 0 Å². The lowest BCUT2D eigenvalue weighted by atomic mass is 10.0. The maximum absolute atomic E-state index is 12.3. The molecule has 2 amide bonds. The highest BCUT2D eigenvalue weighted by atomic mass is 16.6. The van der Waals surface area contributed by atoms with Gasteiger partial charge < -0.3 is 9.64 Å². The summed E-state index contributed by atoms with van der Waals surface area (Å²) in [7, 11) is 1.65. The van der Waals surface area contributed by atoms with Crippen LogP contribution in [-0.4, -0.2) is 41.1 Å². The SMILES string of the molecule is CC(=O)N1CCC[C@H]1c1cccnc1N(C)C(=O)OC(C)(C)C. The molecule has 2 rings (SSSR count). The number of pyridine rings is 1. The number of hydrogen-bond donors (Lipinski definition) is 0. The van der Waals surface area contributed by atoms with E-state index in [1.54, 1.807) is 20.2 Å². The monoisotopic (exact) mass is 319 g/mol. The van der Waals surface area contributed by atoms with E-state index in [-0.39, 0.29) is 11.9 Å². The van der Waals surface area contributed by atoms with Gasteiger partial charge in [-0.3, -0.25) is 9.69 Å². The first kappa shape index (κ1) is 17.2. The van der Waals surface area contributed by atoms with E-state index in [9.17, 15) is 9.59 Å². The summed E-state index contributed by atoms with van der Waals surface area (Å²) in [5.74, 6) is 0.585. The van der Waals surface area contributed by atoms with Crippen LogP contribution in [0.25, 0.3) is 0 Å². The van der Waals surface area contributed by atoms with Gasteiger partial charge in [0.1, 0.15) is 11.4 Å². The average Bonchev–Trinajstić information content (AvgIpc) is 2.94. The summed E-state index contributed by atoms with van der Waals surface area (Å²) >= 11 is 0. The van der Waals surface area contributed by atoms with E-state index in [1.807, 2.05) is 37.8 Å². The first-order chi connectivity index (χ1) is 10.7. The van der Waals surface area contributed by atoms with Crippen LogP contribution in [-0.2, 0) is 9.53 Å². The first-order valence-electron chi connectivity index (χ1n) is 7.89. The molecule has 0 aliphatic carbocycles. The number of nitrogens with zero attached hydrogens (tertiary/aromatic N) is 3. The number of carbonyl (C=O) groups is 2. The lowest BCUT2D eigenvalue weighted by Gasteiger charge is -2.29. The molecule has 0 N–H and O–H groups in total. The Balaban J connectivity index is 2.30. The summed E-state index contributed by atoms with van der Waals surface area (Å²) < 4.78 is 5.41. The lowest BCUT2D eigenvalue weighted by Crippen LogP contribution is -2.36. The van der Waals surface area contributed by atoms with Gasteiger partial charge in [-0.1, -0.05) is 6.07 Å². The quantitative estimate of drug-likeness (QED) is 0.840. The molecule has 1 aliphatic heterocycles. The van der Waals surface area contributed by atoms with Crippen LogP contribution in [0.1, 0.15) is 52.1 Å². The van der Waals surface area contributed by atoms with Crippen molar-refractivity contribution in [1.29, 1.82) is 0 Å². The Morgan fingerprint density at radius 3 is 2.70 bits per heavy atom. The standard InChI is InChI=1S/C17H25N3O3/c1-12(21)20-11-7-9-14(20)13-8-6-10-18-15(13)19(5)16(22)23-17(2,3)4/h6,8,10,14H,7,9,11H2,1-5H3/t14-/m0/s1. The number of aromatic nitrogens is 1. The number of amides is 2. The zero-order valence-electron chi connectivity index (χ0n) is 14.5. The van der Waals surface area contributed by atoms with Gasteiger partial charge in [0.25, 0.3) is 0 Å². The number of rotatable bonds is 2. The van der Waals surface area contributed by atoms with E-state index in [1.165, 1.54) is 4.90 Å². The zero-order valence-corrected chi connectivity index (χ0v) is 14.5. The topological polar surface area (TPSA) is 62.7 Å². The van der Waals surface area contributed by atoms with Crippen LogP contribution >= 0.6 is 0 Å². The maximum Gasteiger partial charge on any atom is 0.415 e. The molecule has 6 nitrogen and oxygen atoms in total. The van der Waals surface area contributed by atoms with E-state index < -0.39 is 11.7 Å². The Morgan fingerprint density at radius 1 is 1.39 bits per heavy atom. The molecule has 0 saturated carbocycles. The minimum absolute atomic E-state index is 0.0407. The van der Waals surface area contributed by atoms with Crippen molar-refractivity contribution in [2.24, 2.45) is 0 Å². The number of hydrogen-bond acceptors (Lipinski definition) is 4. The second kappa shape index (κ2) is 6.56. The molecular formula is C17H25N3O3. The molecule has 1 atom stereocenters. The van der Waals surface area contributed by atoms with Gasteiger partial charge in [0.15, 0.2) is 0 Å². The van der Waals surface area contributed by atoms with Gasteiger partial charge >= 0.3 is 6.09 Å². The third kappa shape index (κ3) is 4.00. The lowest BCUT2D eigenvalue weighted by molar-refractivity contribution is -0.129. The van der Waals surface area contributed by atoms with Crippen molar-refractivity contribution in [3.05, 3.63) is 23.9 Å². The molecule has 0 aromatic carbocycles. The molecule has 1 fully saturated rings. The fourth-order valence-electron chi connectivity index (χ4n) is 2.83. The summed E-state index contributed by atoms with van der Waals surface area (Å²) in [6.07, 6.45) is 3.02. The zero-order chi connectivity index (χ0) is 17.2. The summed E-state index contributed by atoms with van der Waals surface area (Å²) in [5.41, 5.74) is 0.313.